The van der Waals surface area contributed by atoms with Crippen molar-refractivity contribution in [2.24, 2.45) is 0 Å². The molecule has 0 N–H and O–H groups in total. The number of halogens is 2. The van der Waals surface area contributed by atoms with Crippen molar-refractivity contribution in [1.82, 2.24) is 0 Å². The first-order chi connectivity index (χ1) is 5.61. The summed E-state index contributed by atoms with van der Waals surface area (Å²) < 4.78 is 1.18. The van der Waals surface area contributed by atoms with Gasteiger partial charge >= 0.3 is 0 Å². The lowest BCUT2D eigenvalue weighted by Gasteiger charge is -2.01. The van der Waals surface area contributed by atoms with Crippen molar-refractivity contribution in [3.63, 3.8) is 0 Å². The predicted octanol–water partition coefficient (Wildman–Crippen LogP) is 4.70. The van der Waals surface area contributed by atoms with Crippen LogP contribution in [0.4, 0.5) is 0 Å². The number of hydrogen-bond acceptors (Lipinski definition) is 1. The van der Waals surface area contributed by atoms with Crippen molar-refractivity contribution in [1.29, 1.82) is 0 Å². The van der Waals surface area contributed by atoms with Gasteiger partial charge in [-0.1, -0.05) is 27.6 Å². The summed E-state index contributed by atoms with van der Waals surface area (Å²) >= 11 is 8.74. The van der Waals surface area contributed by atoms with Gasteiger partial charge in [0.05, 0.1) is 0 Å². The highest BCUT2D eigenvalue weighted by Gasteiger charge is 2.01. The fourth-order valence-corrected chi connectivity index (χ4v) is 2.26. The molecule has 1 unspecified atom stereocenters. The average molecular weight is 310 g/mol. The van der Waals surface area contributed by atoms with Crippen LogP contribution in [-0.2, 0) is 0 Å². The van der Waals surface area contributed by atoms with Gasteiger partial charge in [0.1, 0.15) is 0 Å². The average Bonchev–Trinajstić information content (AvgIpc) is 2.36. The van der Waals surface area contributed by atoms with Crippen LogP contribution in [0.15, 0.2) is 20.8 Å². The minimum Gasteiger partial charge on any atom is -0.151 e. The maximum absolute atomic E-state index is 3.53. The van der Waals surface area contributed by atoms with Gasteiger partial charge in [-0.3, -0.25) is 0 Å². The third-order valence-electron chi connectivity index (χ3n) is 1.65. The summed E-state index contributed by atoms with van der Waals surface area (Å²) in [4.78, 5) is 0.448. The lowest BCUT2D eigenvalue weighted by molar-refractivity contribution is 1.16. The smallest absolute Gasteiger partial charge is 0.0354 e. The molecule has 1 atom stereocenters. The van der Waals surface area contributed by atoms with Gasteiger partial charge in [-0.2, -0.15) is 11.3 Å². The van der Waals surface area contributed by atoms with Crippen molar-refractivity contribution >= 4 is 49.3 Å². The van der Waals surface area contributed by atoms with Crippen LogP contribution in [0.2, 0.25) is 0 Å². The number of thiophene rings is 1. The lowest BCUT2D eigenvalue weighted by atomic mass is 10.2. The fourth-order valence-electron chi connectivity index (χ4n) is 0.754. The number of rotatable bonds is 2. The summed E-state index contributed by atoms with van der Waals surface area (Å²) in [5.41, 5.74) is 2.61. The van der Waals surface area contributed by atoms with Crippen LogP contribution >= 0.6 is 43.2 Å². The van der Waals surface area contributed by atoms with E-state index in [1.807, 2.05) is 0 Å². The molecule has 0 aliphatic rings. The number of alkyl halides is 1. The third-order valence-corrected chi connectivity index (χ3v) is 4.13. The van der Waals surface area contributed by atoms with Crippen LogP contribution in [0.3, 0.4) is 0 Å². The van der Waals surface area contributed by atoms with E-state index in [1.165, 1.54) is 15.6 Å². The molecular formula is C9H10Br2S. The highest BCUT2D eigenvalue weighted by molar-refractivity contribution is 9.10. The van der Waals surface area contributed by atoms with Crippen molar-refractivity contribution in [3.05, 3.63) is 26.4 Å². The van der Waals surface area contributed by atoms with E-state index in [2.05, 4.69) is 62.5 Å². The Morgan fingerprint density at radius 1 is 1.58 bits per heavy atom. The van der Waals surface area contributed by atoms with Crippen LogP contribution in [0.5, 0.6) is 0 Å². The van der Waals surface area contributed by atoms with Gasteiger partial charge in [0.25, 0.3) is 0 Å². The van der Waals surface area contributed by atoms with E-state index in [4.69, 9.17) is 0 Å². The van der Waals surface area contributed by atoms with Crippen molar-refractivity contribution in [2.75, 3.05) is 0 Å². The van der Waals surface area contributed by atoms with Gasteiger partial charge in [-0.25, -0.2) is 0 Å². The Kier molecular flexibility index (Phi) is 4.00. The molecule has 0 spiro atoms. The maximum Gasteiger partial charge on any atom is 0.0354 e. The predicted molar refractivity (Wildman–Crippen MR) is 64.1 cm³/mol. The van der Waals surface area contributed by atoms with Gasteiger partial charge in [0.15, 0.2) is 0 Å². The zero-order valence-corrected chi connectivity index (χ0v) is 11.0. The number of allylic oxidation sites excluding steroid dienone is 1. The largest absolute Gasteiger partial charge is 0.151 e. The molecule has 1 aromatic heterocycles. The normalized spacial score (nSPS) is 14.8. The quantitative estimate of drug-likeness (QED) is 0.695. The second-order valence-electron chi connectivity index (χ2n) is 2.68. The highest BCUT2D eigenvalue weighted by atomic mass is 79.9. The molecule has 0 amide bonds. The molecular weight excluding hydrogens is 300 g/mol. The molecule has 0 aliphatic heterocycles. The summed E-state index contributed by atoms with van der Waals surface area (Å²) in [5.74, 6) is 0. The Labute approximate surface area is 93.9 Å². The molecule has 1 heterocycles. The molecule has 12 heavy (non-hydrogen) atoms. The first kappa shape index (κ1) is 10.5. The molecule has 0 aromatic carbocycles. The molecule has 0 aliphatic carbocycles. The summed E-state index contributed by atoms with van der Waals surface area (Å²) in [6.07, 6.45) is 2.19. The van der Waals surface area contributed by atoms with Crippen LogP contribution in [-0.4, -0.2) is 4.83 Å². The summed E-state index contributed by atoms with van der Waals surface area (Å²) in [6.45, 7) is 4.26. The molecule has 0 saturated carbocycles. The standard InChI is InChI=1S/C9H10Br2S/c1-6(7(2)10)3-8-4-12-5-9(8)11/h3-5,7H,1-2H3/b6-3+. The molecule has 66 valence electrons. The Morgan fingerprint density at radius 3 is 2.67 bits per heavy atom. The van der Waals surface area contributed by atoms with Crippen LogP contribution in [0, 0.1) is 0 Å². The monoisotopic (exact) mass is 308 g/mol. The van der Waals surface area contributed by atoms with Crippen molar-refractivity contribution < 1.29 is 0 Å². The van der Waals surface area contributed by atoms with Gasteiger partial charge in [-0.05, 0) is 40.7 Å². The Bertz CT molecular complexity index is 286. The van der Waals surface area contributed by atoms with Crippen LogP contribution in [0.1, 0.15) is 19.4 Å². The Hall–Kier alpha value is 0.400. The first-order valence-corrected chi connectivity index (χ1v) is 6.30. The topological polar surface area (TPSA) is 0 Å². The first-order valence-electron chi connectivity index (χ1n) is 3.65. The van der Waals surface area contributed by atoms with Gasteiger partial charge in [0, 0.05) is 14.7 Å². The van der Waals surface area contributed by atoms with E-state index in [0.29, 0.717) is 4.83 Å². The molecule has 1 aromatic rings. The minimum atomic E-state index is 0.448. The Morgan fingerprint density at radius 2 is 2.25 bits per heavy atom. The van der Waals surface area contributed by atoms with Crippen molar-refractivity contribution in [2.45, 2.75) is 18.7 Å². The van der Waals surface area contributed by atoms with Gasteiger partial charge in [-0.15, -0.1) is 0 Å². The molecule has 0 bridgehead atoms. The van der Waals surface area contributed by atoms with Gasteiger partial charge in [0.2, 0.25) is 0 Å². The molecule has 0 fully saturated rings. The van der Waals surface area contributed by atoms with E-state index in [0.717, 1.165) is 0 Å². The molecule has 3 heteroatoms. The van der Waals surface area contributed by atoms with E-state index >= 15 is 0 Å². The van der Waals surface area contributed by atoms with E-state index < -0.39 is 0 Å². The minimum absolute atomic E-state index is 0.448. The maximum atomic E-state index is 3.53. The van der Waals surface area contributed by atoms with E-state index in [9.17, 15) is 0 Å². The molecule has 0 nitrogen and oxygen atoms in total. The second-order valence-corrected chi connectivity index (χ2v) is 5.65. The van der Waals surface area contributed by atoms with E-state index in [1.54, 1.807) is 11.3 Å². The number of hydrogen-bond donors (Lipinski definition) is 0. The fraction of sp³-hybridized carbons (Fsp3) is 0.333. The zero-order valence-electron chi connectivity index (χ0n) is 6.97. The summed E-state index contributed by atoms with van der Waals surface area (Å²) in [5, 5.41) is 4.24. The lowest BCUT2D eigenvalue weighted by Crippen LogP contribution is -1.90. The molecule has 1 rings (SSSR count). The zero-order chi connectivity index (χ0) is 9.14. The molecule has 0 radical (unpaired) electrons. The second kappa shape index (κ2) is 4.58. The summed E-state index contributed by atoms with van der Waals surface area (Å²) in [7, 11) is 0. The summed E-state index contributed by atoms with van der Waals surface area (Å²) in [6, 6.07) is 0. The third kappa shape index (κ3) is 2.71. The van der Waals surface area contributed by atoms with Crippen molar-refractivity contribution in [3.8, 4) is 0 Å². The van der Waals surface area contributed by atoms with Crippen LogP contribution in [0.25, 0.3) is 6.08 Å². The van der Waals surface area contributed by atoms with Gasteiger partial charge < -0.3 is 0 Å². The van der Waals surface area contributed by atoms with Crippen LogP contribution < -0.4 is 0 Å². The molecule has 0 saturated heterocycles. The Balaban J connectivity index is 2.87. The highest BCUT2D eigenvalue weighted by Crippen LogP contribution is 2.25. The SMILES string of the molecule is C/C(=C\c1cscc1Br)C(C)Br. The van der Waals surface area contributed by atoms with E-state index in [-0.39, 0.29) is 0 Å².